The van der Waals surface area contributed by atoms with Crippen LogP contribution in [0.25, 0.3) is 0 Å². The maximum atomic E-state index is 8.85. The van der Waals surface area contributed by atoms with Crippen molar-refractivity contribution in [1.82, 2.24) is 0 Å². The van der Waals surface area contributed by atoms with E-state index in [0.717, 1.165) is 17.6 Å². The first-order valence-corrected chi connectivity index (χ1v) is 7.26. The zero-order valence-electron chi connectivity index (χ0n) is 9.41. The molecule has 1 saturated carbocycles. The fraction of sp³-hybridized carbons (Fsp3) is 1.00. The summed E-state index contributed by atoms with van der Waals surface area (Å²) in [4.78, 5) is 0. The predicted molar refractivity (Wildman–Crippen MR) is 64.3 cm³/mol. The van der Waals surface area contributed by atoms with Gasteiger partial charge in [0.1, 0.15) is 0 Å². The molecule has 0 aromatic rings. The molecule has 0 amide bonds. The Labute approximate surface area is 96.8 Å². The second kappa shape index (κ2) is 5.55. The third kappa shape index (κ3) is 3.11. The lowest BCUT2D eigenvalue weighted by Crippen LogP contribution is -2.42. The highest BCUT2D eigenvalue weighted by atomic mass is 32.2. The van der Waals surface area contributed by atoms with Crippen LogP contribution in [0.3, 0.4) is 0 Å². The lowest BCUT2D eigenvalue weighted by molar-refractivity contribution is -0.0971. The van der Waals surface area contributed by atoms with E-state index in [1.165, 1.54) is 44.9 Å². The number of ether oxygens (including phenoxy) is 1. The smallest absolute Gasteiger partial charge is 0.0693 e. The summed E-state index contributed by atoms with van der Waals surface area (Å²) in [6.07, 6.45) is 9.00. The van der Waals surface area contributed by atoms with E-state index in [1.54, 1.807) is 0 Å². The minimum atomic E-state index is 0.226. The quantitative estimate of drug-likeness (QED) is 0.808. The van der Waals surface area contributed by atoms with Crippen molar-refractivity contribution in [1.29, 1.82) is 0 Å². The molecule has 2 nitrogen and oxygen atoms in total. The van der Waals surface area contributed by atoms with Crippen LogP contribution in [0.4, 0.5) is 0 Å². The van der Waals surface area contributed by atoms with Gasteiger partial charge in [0.2, 0.25) is 0 Å². The number of rotatable bonds is 3. The van der Waals surface area contributed by atoms with Gasteiger partial charge < -0.3 is 9.84 Å². The van der Waals surface area contributed by atoms with Crippen molar-refractivity contribution in [3.8, 4) is 0 Å². The van der Waals surface area contributed by atoms with Crippen LogP contribution in [0.2, 0.25) is 0 Å². The molecule has 0 aromatic heterocycles. The molecule has 88 valence electrons. The van der Waals surface area contributed by atoms with Crippen molar-refractivity contribution in [2.75, 3.05) is 19.0 Å². The Bertz CT molecular complexity index is 185. The number of thioether (sulfide) groups is 1. The van der Waals surface area contributed by atoms with E-state index in [2.05, 4.69) is 0 Å². The molecule has 1 saturated heterocycles. The fourth-order valence-corrected chi connectivity index (χ4v) is 4.01. The Morgan fingerprint density at radius 1 is 1.27 bits per heavy atom. The maximum absolute atomic E-state index is 8.85. The molecular weight excluding hydrogens is 208 g/mol. The summed E-state index contributed by atoms with van der Waals surface area (Å²) in [6, 6.07) is 0. The van der Waals surface area contributed by atoms with Crippen molar-refractivity contribution in [2.24, 2.45) is 0 Å². The Morgan fingerprint density at radius 2 is 2.07 bits per heavy atom. The van der Waals surface area contributed by atoms with Crippen LogP contribution in [-0.4, -0.2) is 34.9 Å². The summed E-state index contributed by atoms with van der Waals surface area (Å²) in [6.45, 7) is 1.25. The van der Waals surface area contributed by atoms with Gasteiger partial charge in [-0.15, -0.1) is 0 Å². The molecule has 1 unspecified atom stereocenters. The molecule has 1 spiro atoms. The van der Waals surface area contributed by atoms with Gasteiger partial charge in [-0.3, -0.25) is 0 Å². The Hall–Kier alpha value is 0.270. The zero-order chi connectivity index (χ0) is 10.6. The third-order valence-electron chi connectivity index (χ3n) is 3.66. The number of hydrogen-bond donors (Lipinski definition) is 1. The van der Waals surface area contributed by atoms with Crippen LogP contribution in [0, 0.1) is 0 Å². The van der Waals surface area contributed by atoms with E-state index in [9.17, 15) is 0 Å². The summed E-state index contributed by atoms with van der Waals surface area (Å²) in [5, 5.41) is 9.57. The number of hydrogen-bond acceptors (Lipinski definition) is 3. The van der Waals surface area contributed by atoms with Crippen LogP contribution in [-0.2, 0) is 4.74 Å². The van der Waals surface area contributed by atoms with Crippen LogP contribution >= 0.6 is 11.8 Å². The lowest BCUT2D eigenvalue weighted by Gasteiger charge is -2.43. The minimum Gasteiger partial charge on any atom is -0.396 e. The van der Waals surface area contributed by atoms with Crippen LogP contribution in [0.5, 0.6) is 0 Å². The van der Waals surface area contributed by atoms with Crippen molar-refractivity contribution in [3.63, 3.8) is 0 Å². The minimum absolute atomic E-state index is 0.226. The first-order valence-electron chi connectivity index (χ1n) is 6.21. The van der Waals surface area contributed by atoms with Crippen molar-refractivity contribution in [3.05, 3.63) is 0 Å². The standard InChI is InChI=1S/C12H22O2S/c13-7-9-15-11-4-8-14-12(10-11)5-2-1-3-6-12/h11,13H,1-10H2. The van der Waals surface area contributed by atoms with Crippen LogP contribution in [0.15, 0.2) is 0 Å². The maximum Gasteiger partial charge on any atom is 0.0693 e. The molecule has 2 fully saturated rings. The largest absolute Gasteiger partial charge is 0.396 e. The van der Waals surface area contributed by atoms with Gasteiger partial charge in [0.25, 0.3) is 0 Å². The molecule has 3 heteroatoms. The molecule has 1 aliphatic heterocycles. The average Bonchev–Trinajstić information content (AvgIpc) is 2.28. The highest BCUT2D eigenvalue weighted by Gasteiger charge is 2.38. The lowest BCUT2D eigenvalue weighted by atomic mass is 9.80. The molecule has 0 radical (unpaired) electrons. The van der Waals surface area contributed by atoms with E-state index in [4.69, 9.17) is 9.84 Å². The van der Waals surface area contributed by atoms with Gasteiger partial charge >= 0.3 is 0 Å². The van der Waals surface area contributed by atoms with Gasteiger partial charge in [-0.2, -0.15) is 11.8 Å². The van der Waals surface area contributed by atoms with E-state index in [1.807, 2.05) is 11.8 Å². The van der Waals surface area contributed by atoms with E-state index >= 15 is 0 Å². The van der Waals surface area contributed by atoms with E-state index in [0.29, 0.717) is 6.61 Å². The summed E-state index contributed by atoms with van der Waals surface area (Å²) >= 11 is 1.93. The summed E-state index contributed by atoms with van der Waals surface area (Å²) in [5.41, 5.74) is 0.226. The molecule has 1 N–H and O–H groups in total. The summed E-state index contributed by atoms with van der Waals surface area (Å²) < 4.78 is 6.04. The first kappa shape index (κ1) is 11.7. The van der Waals surface area contributed by atoms with E-state index < -0.39 is 0 Å². The van der Waals surface area contributed by atoms with Crippen molar-refractivity contribution >= 4 is 11.8 Å². The predicted octanol–water partition coefficient (Wildman–Crippen LogP) is 2.59. The molecule has 2 rings (SSSR count). The van der Waals surface area contributed by atoms with Gasteiger partial charge in [0, 0.05) is 17.6 Å². The Balaban J connectivity index is 1.85. The van der Waals surface area contributed by atoms with Gasteiger partial charge in [-0.25, -0.2) is 0 Å². The highest BCUT2D eigenvalue weighted by Crippen LogP contribution is 2.41. The Morgan fingerprint density at radius 3 is 2.80 bits per heavy atom. The SMILES string of the molecule is OCCSC1CCOC2(CCCCC2)C1. The van der Waals surface area contributed by atoms with Gasteiger partial charge in [-0.05, 0) is 25.7 Å². The molecule has 0 bridgehead atoms. The summed E-state index contributed by atoms with van der Waals surface area (Å²) in [5.74, 6) is 0.890. The Kier molecular flexibility index (Phi) is 4.35. The molecule has 1 aliphatic carbocycles. The van der Waals surface area contributed by atoms with E-state index in [-0.39, 0.29) is 5.60 Å². The normalized spacial score (nSPS) is 30.6. The average molecular weight is 230 g/mol. The second-order valence-electron chi connectivity index (χ2n) is 4.80. The van der Waals surface area contributed by atoms with Crippen molar-refractivity contribution < 1.29 is 9.84 Å². The molecule has 0 aromatic carbocycles. The van der Waals surface area contributed by atoms with Crippen LogP contribution < -0.4 is 0 Å². The topological polar surface area (TPSA) is 29.5 Å². The monoisotopic (exact) mass is 230 g/mol. The number of aliphatic hydroxyl groups excluding tert-OH is 1. The van der Waals surface area contributed by atoms with Gasteiger partial charge in [0.05, 0.1) is 12.2 Å². The number of aliphatic hydroxyl groups is 1. The van der Waals surface area contributed by atoms with Crippen LogP contribution in [0.1, 0.15) is 44.9 Å². The first-order chi connectivity index (χ1) is 7.35. The fourth-order valence-electron chi connectivity index (χ4n) is 2.89. The van der Waals surface area contributed by atoms with Gasteiger partial charge in [-0.1, -0.05) is 19.3 Å². The van der Waals surface area contributed by atoms with Crippen molar-refractivity contribution in [2.45, 2.75) is 55.8 Å². The molecule has 15 heavy (non-hydrogen) atoms. The van der Waals surface area contributed by atoms with Gasteiger partial charge in [0.15, 0.2) is 0 Å². The molecule has 1 heterocycles. The second-order valence-corrected chi connectivity index (χ2v) is 6.21. The molecule has 1 atom stereocenters. The molecular formula is C12H22O2S. The third-order valence-corrected chi connectivity index (χ3v) is 4.95. The zero-order valence-corrected chi connectivity index (χ0v) is 10.2. The highest BCUT2D eigenvalue weighted by molar-refractivity contribution is 7.99. The molecule has 2 aliphatic rings. The summed E-state index contributed by atoms with van der Waals surface area (Å²) in [7, 11) is 0.